The Morgan fingerprint density at radius 3 is 2.65 bits per heavy atom. The quantitative estimate of drug-likeness (QED) is 0.832. The van der Waals surface area contributed by atoms with E-state index in [0.717, 1.165) is 30.2 Å². The van der Waals surface area contributed by atoms with Crippen molar-refractivity contribution >= 4 is 23.2 Å². The van der Waals surface area contributed by atoms with Gasteiger partial charge in [-0.1, -0.05) is 18.7 Å². The summed E-state index contributed by atoms with van der Waals surface area (Å²) < 4.78 is 5.22. The Balaban J connectivity index is 1.78. The molecule has 2 aromatic rings. The van der Waals surface area contributed by atoms with Gasteiger partial charge in [0.2, 0.25) is 17.7 Å². The molecular weight excluding hydrogens is 330 g/mol. The number of rotatable bonds is 5. The van der Waals surface area contributed by atoms with Gasteiger partial charge < -0.3 is 19.9 Å². The van der Waals surface area contributed by atoms with Crippen LogP contribution in [0, 0.1) is 6.92 Å². The van der Waals surface area contributed by atoms with Crippen molar-refractivity contribution in [3.05, 3.63) is 48.7 Å². The molecule has 0 saturated carbocycles. The van der Waals surface area contributed by atoms with Crippen LogP contribution in [0.25, 0.3) is 0 Å². The molecule has 1 aliphatic rings. The third kappa shape index (κ3) is 3.93. The summed E-state index contributed by atoms with van der Waals surface area (Å²) in [5.41, 5.74) is 2.80. The fourth-order valence-corrected chi connectivity index (χ4v) is 2.97. The number of piperazine rings is 1. The molecule has 7 nitrogen and oxygen atoms in total. The van der Waals surface area contributed by atoms with Crippen LogP contribution in [0.3, 0.4) is 0 Å². The Bertz CT molecular complexity index is 800. The molecule has 1 aliphatic heterocycles. The molecule has 0 radical (unpaired) electrons. The number of amides is 1. The largest absolute Gasteiger partial charge is 0.481 e. The first-order chi connectivity index (χ1) is 12.6. The number of benzene rings is 1. The van der Waals surface area contributed by atoms with Gasteiger partial charge in [-0.25, -0.2) is 4.98 Å². The Kier molecular flexibility index (Phi) is 5.36. The zero-order valence-electron chi connectivity index (χ0n) is 15.1. The molecule has 0 spiro atoms. The number of anilines is 3. The van der Waals surface area contributed by atoms with Gasteiger partial charge in [0, 0.05) is 37.9 Å². The van der Waals surface area contributed by atoms with Gasteiger partial charge in [-0.05, 0) is 25.1 Å². The van der Waals surface area contributed by atoms with Crippen LogP contribution in [-0.4, -0.2) is 54.1 Å². The lowest BCUT2D eigenvalue weighted by Gasteiger charge is -2.36. The van der Waals surface area contributed by atoms with E-state index in [1.54, 1.807) is 13.2 Å². The van der Waals surface area contributed by atoms with Crippen LogP contribution in [0.1, 0.15) is 5.69 Å². The zero-order chi connectivity index (χ0) is 18.5. The van der Waals surface area contributed by atoms with Crippen molar-refractivity contribution < 1.29 is 9.53 Å². The highest BCUT2D eigenvalue weighted by molar-refractivity contribution is 5.87. The Labute approximate surface area is 153 Å². The standard InChI is InChI=1S/C19H23N5O2/c1-4-18(25)24-11-9-23(10-12-24)16-8-6-5-7-15(16)21-19-20-14(2)13-17(22-19)26-3/h4-8,13H,1,9-12H2,2-3H3,(H,20,21,22). The molecular formula is C19H23N5O2. The van der Waals surface area contributed by atoms with Crippen LogP contribution in [-0.2, 0) is 4.79 Å². The highest BCUT2D eigenvalue weighted by Crippen LogP contribution is 2.29. The van der Waals surface area contributed by atoms with Crippen molar-refractivity contribution in [1.82, 2.24) is 14.9 Å². The lowest BCUT2D eigenvalue weighted by Crippen LogP contribution is -2.48. The Hall–Kier alpha value is -3.09. The van der Waals surface area contributed by atoms with Gasteiger partial charge in [0.15, 0.2) is 0 Å². The van der Waals surface area contributed by atoms with Crippen molar-refractivity contribution in [2.45, 2.75) is 6.92 Å². The molecule has 0 atom stereocenters. The number of carbonyl (C=O) groups excluding carboxylic acids is 1. The molecule has 136 valence electrons. The minimum Gasteiger partial charge on any atom is -0.481 e. The van der Waals surface area contributed by atoms with Gasteiger partial charge >= 0.3 is 0 Å². The number of hydrogen-bond donors (Lipinski definition) is 1. The molecule has 3 rings (SSSR count). The molecule has 0 bridgehead atoms. The van der Waals surface area contributed by atoms with E-state index in [1.807, 2.05) is 30.0 Å². The van der Waals surface area contributed by atoms with E-state index in [-0.39, 0.29) is 5.91 Å². The van der Waals surface area contributed by atoms with Crippen molar-refractivity contribution in [3.63, 3.8) is 0 Å². The summed E-state index contributed by atoms with van der Waals surface area (Å²) in [5, 5.41) is 3.29. The molecule has 1 fully saturated rings. The highest BCUT2D eigenvalue weighted by atomic mass is 16.5. The molecule has 1 aromatic heterocycles. The first kappa shape index (κ1) is 17.7. The molecule has 0 unspecified atom stereocenters. The first-order valence-corrected chi connectivity index (χ1v) is 8.52. The summed E-state index contributed by atoms with van der Waals surface area (Å²) >= 11 is 0. The summed E-state index contributed by atoms with van der Waals surface area (Å²) in [4.78, 5) is 24.6. The smallest absolute Gasteiger partial charge is 0.246 e. The second-order valence-corrected chi connectivity index (χ2v) is 6.03. The molecule has 1 N–H and O–H groups in total. The molecule has 1 aromatic carbocycles. The summed E-state index contributed by atoms with van der Waals surface area (Å²) in [6, 6.07) is 9.80. The molecule has 0 aliphatic carbocycles. The lowest BCUT2D eigenvalue weighted by molar-refractivity contribution is -0.126. The minimum atomic E-state index is -0.0173. The molecule has 1 saturated heterocycles. The number of aromatic nitrogens is 2. The maximum Gasteiger partial charge on any atom is 0.246 e. The van der Waals surface area contributed by atoms with Gasteiger partial charge in [0.1, 0.15) is 0 Å². The van der Waals surface area contributed by atoms with Gasteiger partial charge in [-0.15, -0.1) is 0 Å². The van der Waals surface area contributed by atoms with E-state index in [0.29, 0.717) is 24.9 Å². The highest BCUT2D eigenvalue weighted by Gasteiger charge is 2.21. The van der Waals surface area contributed by atoms with E-state index in [2.05, 4.69) is 32.8 Å². The fraction of sp³-hybridized carbons (Fsp3) is 0.316. The van der Waals surface area contributed by atoms with E-state index >= 15 is 0 Å². The summed E-state index contributed by atoms with van der Waals surface area (Å²) in [5.74, 6) is 1.00. The van der Waals surface area contributed by atoms with E-state index in [9.17, 15) is 4.79 Å². The average molecular weight is 353 g/mol. The van der Waals surface area contributed by atoms with Crippen LogP contribution in [0.15, 0.2) is 43.0 Å². The normalized spacial score (nSPS) is 14.1. The topological polar surface area (TPSA) is 70.6 Å². The second kappa shape index (κ2) is 7.86. The number of carbonyl (C=O) groups is 1. The number of aryl methyl sites for hydroxylation is 1. The fourth-order valence-electron chi connectivity index (χ4n) is 2.97. The average Bonchev–Trinajstić information content (AvgIpc) is 2.67. The third-order valence-electron chi connectivity index (χ3n) is 4.30. The molecule has 26 heavy (non-hydrogen) atoms. The van der Waals surface area contributed by atoms with E-state index in [1.165, 1.54) is 6.08 Å². The second-order valence-electron chi connectivity index (χ2n) is 6.03. The van der Waals surface area contributed by atoms with Crippen molar-refractivity contribution in [2.75, 3.05) is 43.5 Å². The van der Waals surface area contributed by atoms with Crippen molar-refractivity contribution in [2.24, 2.45) is 0 Å². The molecule has 2 heterocycles. The summed E-state index contributed by atoms with van der Waals surface area (Å²) in [6.45, 7) is 8.33. The first-order valence-electron chi connectivity index (χ1n) is 8.52. The van der Waals surface area contributed by atoms with Crippen molar-refractivity contribution in [1.29, 1.82) is 0 Å². The van der Waals surface area contributed by atoms with E-state index in [4.69, 9.17) is 4.74 Å². The SMILES string of the molecule is C=CC(=O)N1CCN(c2ccccc2Nc2nc(C)cc(OC)n2)CC1. The predicted molar refractivity (Wildman–Crippen MR) is 102 cm³/mol. The number of para-hydroxylation sites is 2. The van der Waals surface area contributed by atoms with Crippen LogP contribution < -0.4 is 15.0 Å². The van der Waals surface area contributed by atoms with E-state index < -0.39 is 0 Å². The summed E-state index contributed by atoms with van der Waals surface area (Å²) in [6.07, 6.45) is 1.37. The van der Waals surface area contributed by atoms with Crippen LogP contribution in [0.2, 0.25) is 0 Å². The van der Waals surface area contributed by atoms with Crippen molar-refractivity contribution in [3.8, 4) is 5.88 Å². The monoisotopic (exact) mass is 353 g/mol. The number of nitrogens with zero attached hydrogens (tertiary/aromatic N) is 4. The van der Waals surface area contributed by atoms with Crippen LogP contribution in [0.5, 0.6) is 5.88 Å². The Morgan fingerprint density at radius 1 is 1.23 bits per heavy atom. The number of methoxy groups -OCH3 is 1. The number of hydrogen-bond acceptors (Lipinski definition) is 6. The number of nitrogens with one attached hydrogen (secondary N) is 1. The molecule has 7 heteroatoms. The van der Waals surface area contributed by atoms with Crippen LogP contribution in [0.4, 0.5) is 17.3 Å². The molecule has 1 amide bonds. The third-order valence-corrected chi connectivity index (χ3v) is 4.30. The number of ether oxygens (including phenoxy) is 1. The maximum absolute atomic E-state index is 11.8. The van der Waals surface area contributed by atoms with Gasteiger partial charge in [-0.3, -0.25) is 4.79 Å². The van der Waals surface area contributed by atoms with Gasteiger partial charge in [0.25, 0.3) is 0 Å². The van der Waals surface area contributed by atoms with Crippen LogP contribution >= 0.6 is 0 Å². The van der Waals surface area contributed by atoms with Gasteiger partial charge in [0.05, 0.1) is 18.5 Å². The minimum absolute atomic E-state index is 0.0173. The lowest BCUT2D eigenvalue weighted by atomic mass is 10.2. The van der Waals surface area contributed by atoms with Gasteiger partial charge in [-0.2, -0.15) is 4.98 Å². The predicted octanol–water partition coefficient (Wildman–Crippen LogP) is 2.37. The zero-order valence-corrected chi connectivity index (χ0v) is 15.1. The summed E-state index contributed by atoms with van der Waals surface area (Å²) in [7, 11) is 1.59. The maximum atomic E-state index is 11.8. The Morgan fingerprint density at radius 2 is 1.96 bits per heavy atom.